The Morgan fingerprint density at radius 1 is 1.10 bits per heavy atom. The van der Waals surface area contributed by atoms with E-state index in [1.165, 1.54) is 38.3 Å². The molecule has 2 heteroatoms. The van der Waals surface area contributed by atoms with Crippen LogP contribution in [-0.2, 0) is 6.42 Å². The summed E-state index contributed by atoms with van der Waals surface area (Å²) in [6.45, 7) is 19.9. The Bertz CT molecular complexity index is 881. The number of benzene rings is 1. The zero-order chi connectivity index (χ0) is 22.5. The van der Waals surface area contributed by atoms with Gasteiger partial charge in [0.25, 0.3) is 0 Å². The van der Waals surface area contributed by atoms with Crippen LogP contribution in [0.15, 0.2) is 125 Å². The highest BCUT2D eigenvalue weighted by Crippen LogP contribution is 2.29. The molecule has 1 aliphatic rings. The molecule has 0 radical (unpaired) electrons. The van der Waals surface area contributed by atoms with Gasteiger partial charge in [-0.05, 0) is 79.7 Å². The average Bonchev–Trinajstić information content (AvgIpc) is 3.17. The van der Waals surface area contributed by atoms with Gasteiger partial charge in [0.1, 0.15) is 0 Å². The summed E-state index contributed by atoms with van der Waals surface area (Å²) in [5.74, 6) is 0.879. The predicted octanol–water partition coefficient (Wildman–Crippen LogP) is 7.88. The minimum atomic E-state index is 0.814. The third-order valence-corrected chi connectivity index (χ3v) is 5.60. The molecule has 0 aromatic heterocycles. The molecule has 0 spiro atoms. The molecule has 0 heterocycles. The molecule has 0 saturated heterocycles. The molecule has 0 bridgehead atoms. The zero-order valence-electron chi connectivity index (χ0n) is 18.7. The summed E-state index contributed by atoms with van der Waals surface area (Å²) in [4.78, 5) is 1.26. The van der Waals surface area contributed by atoms with Crippen LogP contribution in [0.3, 0.4) is 0 Å². The molecule has 1 aromatic rings. The number of allylic oxidation sites excluding steroid dienone is 11. The first-order valence-corrected chi connectivity index (χ1v) is 11.1. The van der Waals surface area contributed by atoms with E-state index in [0.29, 0.717) is 0 Å². The summed E-state index contributed by atoms with van der Waals surface area (Å²) in [6.07, 6.45) is 14.4. The Kier molecular flexibility index (Phi) is 11.4. The van der Waals surface area contributed by atoms with Gasteiger partial charge in [-0.3, -0.25) is 0 Å². The molecule has 30 heavy (non-hydrogen) atoms. The van der Waals surface area contributed by atoms with Crippen LogP contribution in [0, 0.1) is 0 Å². The molecule has 0 atom stereocenters. The van der Waals surface area contributed by atoms with Crippen molar-refractivity contribution in [3.05, 3.63) is 126 Å². The molecule has 0 saturated carbocycles. The van der Waals surface area contributed by atoms with Gasteiger partial charge >= 0.3 is 0 Å². The smallest absolute Gasteiger partial charge is 0.0232 e. The number of hydrogen-bond donors (Lipinski definition) is 1. The summed E-state index contributed by atoms with van der Waals surface area (Å²) >= 11 is 1.81. The molecule has 0 amide bonds. The van der Waals surface area contributed by atoms with Gasteiger partial charge in [0.15, 0.2) is 0 Å². The lowest BCUT2D eigenvalue weighted by Crippen LogP contribution is -1.93. The van der Waals surface area contributed by atoms with Crippen molar-refractivity contribution < 1.29 is 0 Å². The third-order valence-electron chi connectivity index (χ3n) is 4.51. The van der Waals surface area contributed by atoms with Gasteiger partial charge in [0, 0.05) is 16.3 Å². The Balaban J connectivity index is 0.00000218. The van der Waals surface area contributed by atoms with Crippen molar-refractivity contribution in [3.63, 3.8) is 0 Å². The molecule has 1 aliphatic carbocycles. The monoisotopic (exact) mass is 417 g/mol. The maximum Gasteiger partial charge on any atom is 0.0232 e. The van der Waals surface area contributed by atoms with Gasteiger partial charge in [-0.25, -0.2) is 0 Å². The zero-order valence-corrected chi connectivity index (χ0v) is 19.5. The number of hydrogen-bond acceptors (Lipinski definition) is 2. The van der Waals surface area contributed by atoms with Gasteiger partial charge in [-0.15, -0.1) is 24.9 Å². The van der Waals surface area contributed by atoms with Crippen LogP contribution < -0.4 is 5.73 Å². The second-order valence-corrected chi connectivity index (χ2v) is 8.29. The summed E-state index contributed by atoms with van der Waals surface area (Å²) < 4.78 is 0. The van der Waals surface area contributed by atoms with Crippen LogP contribution in [0.1, 0.15) is 32.8 Å². The predicted molar refractivity (Wildman–Crippen MR) is 138 cm³/mol. The van der Waals surface area contributed by atoms with Crippen LogP contribution in [0.5, 0.6) is 0 Å². The van der Waals surface area contributed by atoms with Crippen molar-refractivity contribution in [1.82, 2.24) is 0 Å². The Morgan fingerprint density at radius 2 is 1.77 bits per heavy atom. The fraction of sp³-hybridized carbons (Fsp3) is 0.214. The molecule has 158 valence electrons. The molecular weight excluding hydrogens is 382 g/mol. The Morgan fingerprint density at radius 3 is 2.30 bits per heavy atom. The quantitative estimate of drug-likeness (QED) is 0.251. The minimum absolute atomic E-state index is 0.814. The molecule has 2 rings (SSSR count). The van der Waals surface area contributed by atoms with E-state index in [2.05, 4.69) is 76.6 Å². The van der Waals surface area contributed by atoms with Gasteiger partial charge in [0.05, 0.1) is 0 Å². The molecule has 0 aliphatic heterocycles. The summed E-state index contributed by atoms with van der Waals surface area (Å²) in [5, 5.41) is 0. The fourth-order valence-corrected chi connectivity index (χ4v) is 4.08. The lowest BCUT2D eigenvalue weighted by molar-refractivity contribution is 1.18. The van der Waals surface area contributed by atoms with E-state index in [-0.39, 0.29) is 0 Å². The molecule has 0 fully saturated rings. The van der Waals surface area contributed by atoms with E-state index < -0.39 is 0 Å². The van der Waals surface area contributed by atoms with E-state index in [1.54, 1.807) is 0 Å². The lowest BCUT2D eigenvalue weighted by Gasteiger charge is -2.06. The SMILES string of the molecule is C=C.C=C/C=C(\C=C(/C)N)CSc1ccc(CC2=CCC(C(C=C)=C(C)C)=C2)cc1. The van der Waals surface area contributed by atoms with Crippen LogP contribution in [0.2, 0.25) is 0 Å². The minimum Gasteiger partial charge on any atom is -0.402 e. The van der Waals surface area contributed by atoms with Gasteiger partial charge in [0.2, 0.25) is 0 Å². The molecule has 0 unspecified atom stereocenters. The van der Waals surface area contributed by atoms with Crippen molar-refractivity contribution in [3.8, 4) is 0 Å². The van der Waals surface area contributed by atoms with Gasteiger partial charge < -0.3 is 5.73 Å². The molecule has 1 nitrogen and oxygen atoms in total. The van der Waals surface area contributed by atoms with Crippen molar-refractivity contribution in [1.29, 1.82) is 0 Å². The van der Waals surface area contributed by atoms with Crippen LogP contribution in [0.25, 0.3) is 0 Å². The summed E-state index contributed by atoms with van der Waals surface area (Å²) in [7, 11) is 0. The van der Waals surface area contributed by atoms with E-state index in [0.717, 1.165) is 24.3 Å². The van der Waals surface area contributed by atoms with Gasteiger partial charge in [-0.1, -0.05) is 61.2 Å². The number of nitrogens with two attached hydrogens (primary N) is 1. The second kappa shape index (κ2) is 13.5. The Hall–Kier alpha value is -2.71. The largest absolute Gasteiger partial charge is 0.402 e. The first kappa shape index (κ1) is 25.3. The fourth-order valence-electron chi connectivity index (χ4n) is 3.24. The number of rotatable bonds is 9. The van der Waals surface area contributed by atoms with Crippen LogP contribution >= 0.6 is 11.8 Å². The second-order valence-electron chi connectivity index (χ2n) is 7.25. The standard InChI is InChI=1S/C26H31NS.C2H4/c1-6-8-23(15-20(5)27)18-28-25-13-10-21(11-14-25)16-22-9-12-24(17-22)26(7-2)19(3)4;1-2/h6-11,13-15,17H,1-2,12,16,18,27H2,3-5H3;1-2H2/b20-15+,23-8+;. The average molecular weight is 418 g/mol. The van der Waals surface area contributed by atoms with Crippen LogP contribution in [0.4, 0.5) is 0 Å². The number of thioether (sulfide) groups is 1. The topological polar surface area (TPSA) is 26.0 Å². The van der Waals surface area contributed by atoms with Crippen molar-refractivity contribution in [2.75, 3.05) is 5.75 Å². The van der Waals surface area contributed by atoms with Gasteiger partial charge in [-0.2, -0.15) is 0 Å². The molecule has 1 aromatic carbocycles. The van der Waals surface area contributed by atoms with E-state index in [1.807, 2.05) is 43.0 Å². The maximum atomic E-state index is 5.80. The molecule has 2 N–H and O–H groups in total. The highest BCUT2D eigenvalue weighted by atomic mass is 32.2. The lowest BCUT2D eigenvalue weighted by atomic mass is 10.0. The van der Waals surface area contributed by atoms with Crippen LogP contribution in [-0.4, -0.2) is 5.75 Å². The summed E-state index contributed by atoms with van der Waals surface area (Å²) in [6, 6.07) is 8.86. The van der Waals surface area contributed by atoms with Crippen molar-refractivity contribution in [2.45, 2.75) is 38.5 Å². The first-order valence-electron chi connectivity index (χ1n) is 10.1. The normalized spacial score (nSPS) is 13.6. The first-order chi connectivity index (χ1) is 14.4. The highest BCUT2D eigenvalue weighted by Gasteiger charge is 2.11. The molecular formula is C28H35NS. The van der Waals surface area contributed by atoms with E-state index in [4.69, 9.17) is 5.73 Å². The highest BCUT2D eigenvalue weighted by molar-refractivity contribution is 7.99. The third kappa shape index (κ3) is 8.34. The van der Waals surface area contributed by atoms with E-state index >= 15 is 0 Å². The summed E-state index contributed by atoms with van der Waals surface area (Å²) in [5.41, 5.74) is 14.5. The Labute approximate surface area is 187 Å². The van der Waals surface area contributed by atoms with E-state index in [9.17, 15) is 0 Å². The maximum absolute atomic E-state index is 5.80. The van der Waals surface area contributed by atoms with Crippen molar-refractivity contribution in [2.24, 2.45) is 5.73 Å². The van der Waals surface area contributed by atoms with Crippen molar-refractivity contribution >= 4 is 11.8 Å².